The minimum absolute atomic E-state index is 2.00. The van der Waals surface area contributed by atoms with Gasteiger partial charge in [0.05, 0.1) is 0 Å². The summed E-state index contributed by atoms with van der Waals surface area (Å²) in [6, 6.07) is 24.0. The molecule has 0 saturated heterocycles. The largest absolute Gasteiger partial charge is 0.0623 e. The third kappa shape index (κ3) is 18.6. The second-order valence-corrected chi connectivity index (χ2v) is 6.83. The summed E-state index contributed by atoms with van der Waals surface area (Å²) >= 11 is -12.1. The molecule has 2 rings (SSSR count). The van der Waals surface area contributed by atoms with E-state index in [0.29, 0.717) is 0 Å². The van der Waals surface area contributed by atoms with Gasteiger partial charge in [0.15, 0.2) is 0 Å². The van der Waals surface area contributed by atoms with E-state index >= 15 is 0 Å². The molecule has 0 atom stereocenters. The van der Waals surface area contributed by atoms with Crippen molar-refractivity contribution in [3.63, 3.8) is 0 Å². The van der Waals surface area contributed by atoms with Crippen LogP contribution in [0.3, 0.4) is 0 Å². The fraction of sp³-hybridized carbons (Fsp3) is 0. The molecule has 0 saturated carbocycles. The zero-order valence-electron chi connectivity index (χ0n) is 10.6. The maximum Gasteiger partial charge on any atom is -0.0623 e. The first-order valence-corrected chi connectivity index (χ1v) is 9.50. The zero-order chi connectivity index (χ0) is 16.2. The third-order valence-corrected chi connectivity index (χ3v) is 4.17. The maximum absolute atomic E-state index is 9.38. The van der Waals surface area contributed by atoms with Gasteiger partial charge < -0.3 is 0 Å². The number of hydrogen-bond donors (Lipinski definition) is 0. The van der Waals surface area contributed by atoms with Gasteiger partial charge >= 0.3 is 53.6 Å². The van der Waals surface area contributed by atoms with Crippen LogP contribution < -0.4 is 8.32 Å². The maximum atomic E-state index is 9.38. The first-order valence-electron chi connectivity index (χ1n) is 5.33. The van der Waals surface area contributed by atoms with Gasteiger partial charge in [0, 0.05) is 0 Å². The van der Waals surface area contributed by atoms with Gasteiger partial charge in [-0.25, -0.2) is 0 Å². The van der Waals surface area contributed by atoms with Crippen LogP contribution in [0.15, 0.2) is 72.8 Å². The summed E-state index contributed by atoms with van der Waals surface area (Å²) in [5.41, 5.74) is 0. The number of benzene rings is 2. The Labute approximate surface area is 126 Å². The molecule has 2 aromatic carbocycles. The SMILES string of the molecule is [O]=[Cr](=[O])([O-])[O][Cr](=[O])(=[O])[O-].c1ccccc1.c1ccccc1. The van der Waals surface area contributed by atoms with E-state index in [1.807, 2.05) is 72.8 Å². The van der Waals surface area contributed by atoms with Gasteiger partial charge in [-0.15, -0.1) is 0 Å². The Balaban J connectivity index is 0.000000293. The smallest absolute Gasteiger partial charge is 0.0623 e. The minimum atomic E-state index is -6.07. The third-order valence-electron chi connectivity index (χ3n) is 1.50. The molecule has 0 aliphatic heterocycles. The molecule has 0 fully saturated rings. The fourth-order valence-electron chi connectivity index (χ4n) is 0.872. The Bertz CT molecular complexity index is 553. The minimum Gasteiger partial charge on any atom is -0.0623 e. The molecule has 0 unspecified atom stereocenters. The van der Waals surface area contributed by atoms with E-state index in [1.54, 1.807) is 0 Å². The monoisotopic (exact) mass is 372 g/mol. The van der Waals surface area contributed by atoms with Crippen molar-refractivity contribution in [2.75, 3.05) is 0 Å². The van der Waals surface area contributed by atoms with Gasteiger partial charge in [-0.2, -0.15) is 0 Å². The van der Waals surface area contributed by atoms with Crippen molar-refractivity contribution >= 4 is 0 Å². The van der Waals surface area contributed by atoms with E-state index in [4.69, 9.17) is 0 Å². The Morgan fingerprint density at radius 3 is 0.667 bits per heavy atom. The van der Waals surface area contributed by atoms with E-state index in [1.165, 1.54) is 0 Å². The van der Waals surface area contributed by atoms with Gasteiger partial charge in [0.2, 0.25) is 0 Å². The standard InChI is InChI=1S/2C6H6.2Cr.7O/c2*1-2-4-6-5-3-1;;;;;;;;;/h2*1-6H;;;;;;;;;/q;;;;;;;;;2*-1. The molecule has 0 spiro atoms. The molecule has 0 amide bonds. The molecule has 0 aliphatic rings. The van der Waals surface area contributed by atoms with Crippen LogP contribution in [0.5, 0.6) is 0 Å². The van der Waals surface area contributed by atoms with E-state index in [-0.39, 0.29) is 0 Å². The van der Waals surface area contributed by atoms with Crippen LogP contribution in [0.1, 0.15) is 0 Å². The molecule has 0 aromatic heterocycles. The van der Waals surface area contributed by atoms with Crippen LogP contribution in [0.2, 0.25) is 0 Å². The molecule has 0 bridgehead atoms. The van der Waals surface area contributed by atoms with Crippen LogP contribution in [0.25, 0.3) is 0 Å². The second kappa shape index (κ2) is 10.3. The molecule has 0 radical (unpaired) electrons. The van der Waals surface area contributed by atoms with Crippen LogP contribution in [0.4, 0.5) is 0 Å². The molecular formula is C12H12Cr2O7-2. The van der Waals surface area contributed by atoms with Gasteiger partial charge in [0.25, 0.3) is 0 Å². The Morgan fingerprint density at radius 2 is 0.619 bits per heavy atom. The van der Waals surface area contributed by atoms with Crippen molar-refractivity contribution in [3.05, 3.63) is 72.8 Å². The quantitative estimate of drug-likeness (QED) is 0.749. The second-order valence-electron chi connectivity index (χ2n) is 3.19. The Morgan fingerprint density at radius 1 is 0.476 bits per heavy atom. The summed E-state index contributed by atoms with van der Waals surface area (Å²) in [5, 5.41) is 0. The van der Waals surface area contributed by atoms with Crippen LogP contribution in [0, 0.1) is 0 Å². The van der Waals surface area contributed by atoms with Crippen LogP contribution in [-0.4, -0.2) is 0 Å². The molecule has 0 aliphatic carbocycles. The summed E-state index contributed by atoms with van der Waals surface area (Å²) in [4.78, 5) is 0. The van der Waals surface area contributed by atoms with E-state index < -0.39 is 27.2 Å². The van der Waals surface area contributed by atoms with Gasteiger partial charge in [-0.1, -0.05) is 72.8 Å². The van der Waals surface area contributed by atoms with Crippen LogP contribution in [-0.2, 0) is 45.3 Å². The zero-order valence-corrected chi connectivity index (χ0v) is 13.2. The van der Waals surface area contributed by atoms with Crippen molar-refractivity contribution in [2.24, 2.45) is 0 Å². The van der Waals surface area contributed by atoms with Crippen molar-refractivity contribution in [1.29, 1.82) is 0 Å². The number of hydrogen-bond acceptors (Lipinski definition) is 7. The summed E-state index contributed by atoms with van der Waals surface area (Å²) in [6.07, 6.45) is 0. The summed E-state index contributed by atoms with van der Waals surface area (Å²) in [6.45, 7) is 0. The fourth-order valence-corrected chi connectivity index (χ4v) is 2.50. The summed E-state index contributed by atoms with van der Waals surface area (Å²) in [5.74, 6) is 0. The van der Waals surface area contributed by atoms with Gasteiger partial charge in [-0.3, -0.25) is 0 Å². The van der Waals surface area contributed by atoms with Crippen molar-refractivity contribution in [1.82, 2.24) is 0 Å². The van der Waals surface area contributed by atoms with E-state index in [2.05, 4.69) is 2.84 Å². The van der Waals surface area contributed by atoms with Crippen molar-refractivity contribution in [2.45, 2.75) is 0 Å². The van der Waals surface area contributed by atoms with E-state index in [0.717, 1.165) is 0 Å². The molecule has 7 nitrogen and oxygen atoms in total. The molecule has 21 heavy (non-hydrogen) atoms. The van der Waals surface area contributed by atoms with Crippen LogP contribution >= 0.6 is 0 Å². The molecule has 0 N–H and O–H groups in total. The molecular weight excluding hydrogens is 360 g/mol. The predicted molar refractivity (Wildman–Crippen MR) is 56.7 cm³/mol. The first-order chi connectivity index (χ1) is 9.71. The topological polar surface area (TPSA) is 124 Å². The van der Waals surface area contributed by atoms with E-state index in [9.17, 15) is 23.5 Å². The van der Waals surface area contributed by atoms with Gasteiger partial charge in [-0.05, 0) is 0 Å². The molecule has 2 aromatic rings. The first kappa shape index (κ1) is 19.6. The molecule has 116 valence electrons. The van der Waals surface area contributed by atoms with Crippen molar-refractivity contribution < 1.29 is 53.6 Å². The molecule has 9 heteroatoms. The summed E-state index contributed by atoms with van der Waals surface area (Å²) in [7, 11) is 0. The average Bonchev–Trinajstić information content (AvgIpc) is 2.40. The summed E-state index contributed by atoms with van der Waals surface area (Å²) < 4.78 is 58.9. The predicted octanol–water partition coefficient (Wildman–Crippen LogP) is 0.447. The average molecular weight is 372 g/mol. The normalized spacial score (nSPS) is 10.4. The van der Waals surface area contributed by atoms with Crippen molar-refractivity contribution in [3.8, 4) is 0 Å². The molecule has 0 heterocycles. The Hall–Kier alpha value is -1.42. The number of rotatable bonds is 2. The Kier molecular flexibility index (Phi) is 9.64. The van der Waals surface area contributed by atoms with Gasteiger partial charge in [0.1, 0.15) is 0 Å².